The standard InChI is InChI=1S/C10H18N2O/c1-9(13)12-5-3-4-10(8-12)6-11(2)7-10/h3-8H2,1-2H3. The molecule has 0 aromatic heterocycles. The van der Waals surface area contributed by atoms with Crippen LogP contribution in [0.15, 0.2) is 0 Å². The first kappa shape index (κ1) is 9.00. The minimum Gasteiger partial charge on any atom is -0.342 e. The summed E-state index contributed by atoms with van der Waals surface area (Å²) in [6.07, 6.45) is 2.49. The van der Waals surface area contributed by atoms with E-state index in [4.69, 9.17) is 0 Å². The average molecular weight is 182 g/mol. The number of carbonyl (C=O) groups excluding carboxylic acids is 1. The number of hydrogen-bond acceptors (Lipinski definition) is 2. The van der Waals surface area contributed by atoms with Gasteiger partial charge in [0.2, 0.25) is 5.91 Å². The van der Waals surface area contributed by atoms with Gasteiger partial charge in [-0.3, -0.25) is 4.79 Å². The highest BCUT2D eigenvalue weighted by Crippen LogP contribution is 2.37. The summed E-state index contributed by atoms with van der Waals surface area (Å²) in [5.41, 5.74) is 0.457. The first-order chi connectivity index (χ1) is 6.11. The van der Waals surface area contributed by atoms with Crippen LogP contribution in [0.25, 0.3) is 0 Å². The van der Waals surface area contributed by atoms with Crippen molar-refractivity contribution >= 4 is 5.91 Å². The minimum atomic E-state index is 0.244. The van der Waals surface area contributed by atoms with Gasteiger partial charge in [0.05, 0.1) is 0 Å². The Bertz CT molecular complexity index is 215. The lowest BCUT2D eigenvalue weighted by atomic mass is 9.73. The van der Waals surface area contributed by atoms with Gasteiger partial charge in [-0.2, -0.15) is 0 Å². The molecule has 2 aliphatic heterocycles. The first-order valence-electron chi connectivity index (χ1n) is 5.05. The van der Waals surface area contributed by atoms with E-state index >= 15 is 0 Å². The molecule has 0 saturated carbocycles. The molecule has 1 amide bonds. The third kappa shape index (κ3) is 1.57. The van der Waals surface area contributed by atoms with E-state index in [9.17, 15) is 4.79 Å². The fraction of sp³-hybridized carbons (Fsp3) is 0.900. The molecule has 2 heterocycles. The van der Waals surface area contributed by atoms with E-state index in [1.165, 1.54) is 25.9 Å². The zero-order chi connectivity index (χ0) is 9.47. The fourth-order valence-electron chi connectivity index (χ4n) is 2.83. The second-order valence-electron chi connectivity index (χ2n) is 4.72. The molecule has 13 heavy (non-hydrogen) atoms. The van der Waals surface area contributed by atoms with E-state index in [1.807, 2.05) is 4.90 Å². The maximum absolute atomic E-state index is 11.2. The van der Waals surface area contributed by atoms with E-state index < -0.39 is 0 Å². The Morgan fingerprint density at radius 1 is 1.31 bits per heavy atom. The molecule has 0 aromatic rings. The van der Waals surface area contributed by atoms with Gasteiger partial charge in [0.25, 0.3) is 0 Å². The molecule has 3 nitrogen and oxygen atoms in total. The van der Waals surface area contributed by atoms with Gasteiger partial charge in [0, 0.05) is 38.5 Å². The Kier molecular flexibility index (Phi) is 2.06. The van der Waals surface area contributed by atoms with Gasteiger partial charge in [-0.05, 0) is 19.9 Å². The van der Waals surface area contributed by atoms with Gasteiger partial charge in [-0.25, -0.2) is 0 Å². The predicted octanol–water partition coefficient (Wildman–Crippen LogP) is 0.560. The molecule has 2 aliphatic rings. The fourth-order valence-corrected chi connectivity index (χ4v) is 2.83. The van der Waals surface area contributed by atoms with Crippen LogP contribution in [0.1, 0.15) is 19.8 Å². The molecule has 1 spiro atoms. The Labute approximate surface area is 79.7 Å². The van der Waals surface area contributed by atoms with Crippen LogP contribution in [0.4, 0.5) is 0 Å². The van der Waals surface area contributed by atoms with E-state index in [-0.39, 0.29) is 5.91 Å². The van der Waals surface area contributed by atoms with Crippen LogP contribution in [0, 0.1) is 5.41 Å². The van der Waals surface area contributed by atoms with E-state index in [1.54, 1.807) is 6.92 Å². The predicted molar refractivity (Wildman–Crippen MR) is 51.4 cm³/mol. The minimum absolute atomic E-state index is 0.244. The lowest BCUT2D eigenvalue weighted by Crippen LogP contribution is -2.61. The number of amides is 1. The maximum atomic E-state index is 11.2. The average Bonchev–Trinajstić information content (AvgIpc) is 2.02. The lowest BCUT2D eigenvalue weighted by Gasteiger charge is -2.53. The summed E-state index contributed by atoms with van der Waals surface area (Å²) < 4.78 is 0. The van der Waals surface area contributed by atoms with E-state index in [2.05, 4.69) is 11.9 Å². The van der Waals surface area contributed by atoms with Crippen molar-refractivity contribution in [3.8, 4) is 0 Å². The molecule has 0 N–H and O–H groups in total. The second kappa shape index (κ2) is 2.98. The normalized spacial score (nSPS) is 27.4. The van der Waals surface area contributed by atoms with Crippen LogP contribution in [0.3, 0.4) is 0 Å². The molecule has 74 valence electrons. The number of carbonyl (C=O) groups is 1. The highest BCUT2D eigenvalue weighted by Gasteiger charge is 2.44. The number of rotatable bonds is 0. The van der Waals surface area contributed by atoms with Crippen molar-refractivity contribution in [2.24, 2.45) is 5.41 Å². The van der Waals surface area contributed by atoms with Crippen molar-refractivity contribution in [2.45, 2.75) is 19.8 Å². The number of likely N-dealkylation sites (tertiary alicyclic amines) is 2. The molecule has 2 rings (SSSR count). The van der Waals surface area contributed by atoms with Crippen LogP contribution in [0.5, 0.6) is 0 Å². The Morgan fingerprint density at radius 2 is 2.00 bits per heavy atom. The van der Waals surface area contributed by atoms with Gasteiger partial charge in [0.1, 0.15) is 0 Å². The van der Waals surface area contributed by atoms with Crippen molar-refractivity contribution in [1.82, 2.24) is 9.80 Å². The third-order valence-electron chi connectivity index (χ3n) is 3.32. The largest absolute Gasteiger partial charge is 0.342 e. The van der Waals surface area contributed by atoms with Gasteiger partial charge in [0.15, 0.2) is 0 Å². The molecular weight excluding hydrogens is 164 g/mol. The summed E-state index contributed by atoms with van der Waals surface area (Å²) >= 11 is 0. The monoisotopic (exact) mass is 182 g/mol. The van der Waals surface area contributed by atoms with Crippen molar-refractivity contribution in [3.05, 3.63) is 0 Å². The van der Waals surface area contributed by atoms with Gasteiger partial charge >= 0.3 is 0 Å². The zero-order valence-electron chi connectivity index (χ0n) is 8.55. The molecule has 0 unspecified atom stereocenters. The molecule has 0 radical (unpaired) electrons. The van der Waals surface area contributed by atoms with Crippen molar-refractivity contribution in [1.29, 1.82) is 0 Å². The molecule has 0 aliphatic carbocycles. The Hall–Kier alpha value is -0.570. The summed E-state index contributed by atoms with van der Waals surface area (Å²) in [6.45, 7) is 6.00. The summed E-state index contributed by atoms with van der Waals surface area (Å²) in [4.78, 5) is 15.6. The highest BCUT2D eigenvalue weighted by molar-refractivity contribution is 5.73. The van der Waals surface area contributed by atoms with Crippen molar-refractivity contribution in [2.75, 3.05) is 33.2 Å². The number of piperidine rings is 1. The van der Waals surface area contributed by atoms with Gasteiger partial charge in [-0.15, -0.1) is 0 Å². The van der Waals surface area contributed by atoms with Crippen molar-refractivity contribution < 1.29 is 4.79 Å². The number of hydrogen-bond donors (Lipinski definition) is 0. The van der Waals surface area contributed by atoms with Crippen LogP contribution in [-0.4, -0.2) is 48.9 Å². The lowest BCUT2D eigenvalue weighted by molar-refractivity contribution is -0.136. The summed E-state index contributed by atoms with van der Waals surface area (Å²) in [6, 6.07) is 0. The Balaban J connectivity index is 1.97. The SMILES string of the molecule is CC(=O)N1CCCC2(CN(C)C2)C1. The number of nitrogens with zero attached hydrogens (tertiary/aromatic N) is 2. The molecule has 2 fully saturated rings. The molecule has 0 atom stereocenters. The maximum Gasteiger partial charge on any atom is 0.219 e. The van der Waals surface area contributed by atoms with Gasteiger partial charge < -0.3 is 9.80 Å². The quantitative estimate of drug-likeness (QED) is 0.546. The van der Waals surface area contributed by atoms with Crippen LogP contribution in [-0.2, 0) is 4.79 Å². The molecule has 3 heteroatoms. The summed E-state index contributed by atoms with van der Waals surface area (Å²) in [7, 11) is 2.15. The molecule has 0 bridgehead atoms. The second-order valence-corrected chi connectivity index (χ2v) is 4.72. The summed E-state index contributed by atoms with van der Waals surface area (Å²) in [5, 5.41) is 0. The molecule has 2 saturated heterocycles. The van der Waals surface area contributed by atoms with E-state index in [0.29, 0.717) is 5.41 Å². The smallest absolute Gasteiger partial charge is 0.219 e. The molecular formula is C10H18N2O. The highest BCUT2D eigenvalue weighted by atomic mass is 16.2. The topological polar surface area (TPSA) is 23.6 Å². The Morgan fingerprint density at radius 3 is 2.54 bits per heavy atom. The summed E-state index contributed by atoms with van der Waals surface area (Å²) in [5.74, 6) is 0.244. The van der Waals surface area contributed by atoms with Crippen LogP contribution < -0.4 is 0 Å². The third-order valence-corrected chi connectivity index (χ3v) is 3.32. The van der Waals surface area contributed by atoms with Crippen LogP contribution >= 0.6 is 0 Å². The van der Waals surface area contributed by atoms with Gasteiger partial charge in [-0.1, -0.05) is 0 Å². The first-order valence-corrected chi connectivity index (χ1v) is 5.05. The van der Waals surface area contributed by atoms with Crippen LogP contribution in [0.2, 0.25) is 0 Å². The van der Waals surface area contributed by atoms with Crippen molar-refractivity contribution in [3.63, 3.8) is 0 Å². The van der Waals surface area contributed by atoms with E-state index in [0.717, 1.165) is 13.1 Å². The zero-order valence-corrected chi connectivity index (χ0v) is 8.55. The molecule has 0 aromatic carbocycles.